The highest BCUT2D eigenvalue weighted by Crippen LogP contribution is 2.69. The number of fused-ring (bicyclic) bond motifs is 5. The standard InChI is InChI=1S/C18H30N2O/c1-11(2)20(10-14-5-3-4-8-19-14)18(21)17-15-12-6-7-13(9-12)16(15)17/h11-17,19H,3-10H2,1-2H3. The zero-order valence-corrected chi connectivity index (χ0v) is 13.6. The highest BCUT2D eigenvalue weighted by Gasteiger charge is 2.68. The number of carbonyl (C=O) groups is 1. The van der Waals surface area contributed by atoms with Crippen LogP contribution in [0, 0.1) is 29.6 Å². The Morgan fingerprint density at radius 2 is 1.86 bits per heavy atom. The van der Waals surface area contributed by atoms with Gasteiger partial charge in [0, 0.05) is 24.5 Å². The average Bonchev–Trinajstić information content (AvgIpc) is 2.92. The summed E-state index contributed by atoms with van der Waals surface area (Å²) in [6.45, 7) is 6.44. The van der Waals surface area contributed by atoms with E-state index in [1.54, 1.807) is 0 Å². The molecule has 2 bridgehead atoms. The maximum absolute atomic E-state index is 13.1. The molecule has 3 nitrogen and oxygen atoms in total. The van der Waals surface area contributed by atoms with Gasteiger partial charge in [0.05, 0.1) is 0 Å². The lowest BCUT2D eigenvalue weighted by Crippen LogP contribution is -2.49. The lowest BCUT2D eigenvalue weighted by Gasteiger charge is -2.34. The van der Waals surface area contributed by atoms with Gasteiger partial charge in [0.1, 0.15) is 0 Å². The third kappa shape index (κ3) is 2.32. The molecule has 1 amide bonds. The Balaban J connectivity index is 1.41. The van der Waals surface area contributed by atoms with Crippen LogP contribution in [-0.4, -0.2) is 36.0 Å². The fourth-order valence-corrected chi connectivity index (χ4v) is 5.72. The van der Waals surface area contributed by atoms with Crippen LogP contribution in [0.3, 0.4) is 0 Å². The molecular formula is C18H30N2O. The summed E-state index contributed by atoms with van der Waals surface area (Å²) in [5.41, 5.74) is 0. The molecule has 0 spiro atoms. The molecule has 3 aliphatic carbocycles. The van der Waals surface area contributed by atoms with E-state index in [4.69, 9.17) is 0 Å². The van der Waals surface area contributed by atoms with Crippen LogP contribution >= 0.6 is 0 Å². The van der Waals surface area contributed by atoms with Crippen LogP contribution in [0.15, 0.2) is 0 Å². The minimum atomic E-state index is 0.347. The van der Waals surface area contributed by atoms with E-state index in [0.717, 1.165) is 36.8 Å². The summed E-state index contributed by atoms with van der Waals surface area (Å²) in [4.78, 5) is 15.3. The number of rotatable bonds is 4. The second-order valence-corrected chi connectivity index (χ2v) is 8.24. The first kappa shape index (κ1) is 14.0. The van der Waals surface area contributed by atoms with Crippen molar-refractivity contribution in [2.24, 2.45) is 29.6 Å². The molecule has 4 fully saturated rings. The molecule has 1 aliphatic heterocycles. The number of piperidine rings is 1. The number of carbonyl (C=O) groups excluding carboxylic acids is 1. The maximum Gasteiger partial charge on any atom is 0.226 e. The van der Waals surface area contributed by atoms with Crippen LogP contribution < -0.4 is 5.32 Å². The summed E-state index contributed by atoms with van der Waals surface area (Å²) in [5.74, 6) is 4.24. The lowest BCUT2D eigenvalue weighted by atomic mass is 10.00. The van der Waals surface area contributed by atoms with Gasteiger partial charge in [-0.15, -0.1) is 0 Å². The monoisotopic (exact) mass is 290 g/mol. The van der Waals surface area contributed by atoms with Gasteiger partial charge in [-0.1, -0.05) is 6.42 Å². The van der Waals surface area contributed by atoms with Crippen LogP contribution in [0.4, 0.5) is 0 Å². The number of hydrogen-bond donors (Lipinski definition) is 1. The summed E-state index contributed by atoms with van der Waals surface area (Å²) in [7, 11) is 0. The highest BCUT2D eigenvalue weighted by atomic mass is 16.2. The molecule has 118 valence electrons. The maximum atomic E-state index is 13.1. The van der Waals surface area contributed by atoms with E-state index in [0.29, 0.717) is 23.9 Å². The highest BCUT2D eigenvalue weighted by molar-refractivity contribution is 5.83. The van der Waals surface area contributed by atoms with Gasteiger partial charge in [-0.05, 0) is 76.2 Å². The Morgan fingerprint density at radius 3 is 2.43 bits per heavy atom. The first-order valence-electron chi connectivity index (χ1n) is 9.20. The Kier molecular flexibility index (Phi) is 3.52. The van der Waals surface area contributed by atoms with Crippen molar-refractivity contribution in [3.8, 4) is 0 Å². The van der Waals surface area contributed by atoms with Gasteiger partial charge in [0.2, 0.25) is 5.91 Å². The molecule has 0 radical (unpaired) electrons. The summed E-state index contributed by atoms with van der Waals surface area (Å²) < 4.78 is 0. The molecule has 3 heteroatoms. The van der Waals surface area contributed by atoms with E-state index in [1.807, 2.05) is 0 Å². The molecule has 5 unspecified atom stereocenters. The molecule has 1 saturated heterocycles. The van der Waals surface area contributed by atoms with E-state index in [2.05, 4.69) is 24.1 Å². The Hall–Kier alpha value is -0.570. The van der Waals surface area contributed by atoms with Crippen molar-refractivity contribution < 1.29 is 4.79 Å². The third-order valence-electron chi connectivity index (χ3n) is 6.76. The van der Waals surface area contributed by atoms with Gasteiger partial charge >= 0.3 is 0 Å². The van der Waals surface area contributed by atoms with Crippen molar-refractivity contribution in [2.45, 2.75) is 64.5 Å². The quantitative estimate of drug-likeness (QED) is 0.863. The van der Waals surface area contributed by atoms with Crippen LogP contribution in [0.5, 0.6) is 0 Å². The van der Waals surface area contributed by atoms with Crippen LogP contribution in [0.25, 0.3) is 0 Å². The SMILES string of the molecule is CC(C)N(CC1CCCCN1)C(=O)C1C2C3CCC(C3)C12. The first-order valence-corrected chi connectivity index (χ1v) is 9.20. The molecule has 1 heterocycles. The Bertz CT molecular complexity index is 399. The van der Waals surface area contributed by atoms with E-state index in [9.17, 15) is 4.79 Å². The average molecular weight is 290 g/mol. The summed E-state index contributed by atoms with van der Waals surface area (Å²) in [6, 6.07) is 0.876. The van der Waals surface area contributed by atoms with Crippen molar-refractivity contribution in [1.29, 1.82) is 0 Å². The largest absolute Gasteiger partial charge is 0.338 e. The van der Waals surface area contributed by atoms with Crippen molar-refractivity contribution in [3.63, 3.8) is 0 Å². The van der Waals surface area contributed by atoms with Crippen molar-refractivity contribution in [1.82, 2.24) is 10.2 Å². The Labute approximate surface area is 128 Å². The molecule has 5 atom stereocenters. The smallest absolute Gasteiger partial charge is 0.226 e. The predicted molar refractivity (Wildman–Crippen MR) is 83.8 cm³/mol. The fraction of sp³-hybridized carbons (Fsp3) is 0.944. The number of amides is 1. The van der Waals surface area contributed by atoms with E-state index in [1.165, 1.54) is 38.5 Å². The summed E-state index contributed by atoms with van der Waals surface area (Å²) >= 11 is 0. The number of nitrogens with zero attached hydrogens (tertiary/aromatic N) is 1. The first-order chi connectivity index (χ1) is 10.2. The molecule has 4 aliphatic rings. The van der Waals surface area contributed by atoms with E-state index >= 15 is 0 Å². The normalized spacial score (nSPS) is 44.0. The van der Waals surface area contributed by atoms with Crippen LogP contribution in [0.1, 0.15) is 52.4 Å². The van der Waals surface area contributed by atoms with E-state index in [-0.39, 0.29) is 0 Å². The molecule has 0 aromatic heterocycles. The molecule has 21 heavy (non-hydrogen) atoms. The van der Waals surface area contributed by atoms with Crippen LogP contribution in [-0.2, 0) is 4.79 Å². The van der Waals surface area contributed by atoms with Crippen LogP contribution in [0.2, 0.25) is 0 Å². The molecule has 0 aromatic carbocycles. The zero-order chi connectivity index (χ0) is 14.6. The molecule has 1 N–H and O–H groups in total. The van der Waals surface area contributed by atoms with Gasteiger partial charge < -0.3 is 10.2 Å². The zero-order valence-electron chi connectivity index (χ0n) is 13.6. The summed E-state index contributed by atoms with van der Waals surface area (Å²) in [5, 5.41) is 3.61. The van der Waals surface area contributed by atoms with Crippen molar-refractivity contribution in [3.05, 3.63) is 0 Å². The van der Waals surface area contributed by atoms with E-state index < -0.39 is 0 Å². The third-order valence-corrected chi connectivity index (χ3v) is 6.76. The number of nitrogens with one attached hydrogen (secondary N) is 1. The van der Waals surface area contributed by atoms with Gasteiger partial charge in [-0.25, -0.2) is 0 Å². The lowest BCUT2D eigenvalue weighted by molar-refractivity contribution is -0.135. The van der Waals surface area contributed by atoms with Crippen molar-refractivity contribution in [2.75, 3.05) is 13.1 Å². The fourth-order valence-electron chi connectivity index (χ4n) is 5.72. The molecule has 4 rings (SSSR count). The van der Waals surface area contributed by atoms with Gasteiger partial charge in [0.15, 0.2) is 0 Å². The van der Waals surface area contributed by atoms with Gasteiger partial charge in [-0.2, -0.15) is 0 Å². The number of hydrogen-bond acceptors (Lipinski definition) is 2. The van der Waals surface area contributed by atoms with Gasteiger partial charge in [0.25, 0.3) is 0 Å². The predicted octanol–water partition coefficient (Wildman–Crippen LogP) is 2.66. The second-order valence-electron chi connectivity index (χ2n) is 8.24. The minimum absolute atomic E-state index is 0.347. The van der Waals surface area contributed by atoms with Gasteiger partial charge in [-0.3, -0.25) is 4.79 Å². The second kappa shape index (κ2) is 5.26. The van der Waals surface area contributed by atoms with Crippen molar-refractivity contribution >= 4 is 5.91 Å². The minimum Gasteiger partial charge on any atom is -0.338 e. The Morgan fingerprint density at radius 1 is 1.14 bits per heavy atom. The summed E-state index contributed by atoms with van der Waals surface area (Å²) in [6.07, 6.45) is 8.09. The molecular weight excluding hydrogens is 260 g/mol. The topological polar surface area (TPSA) is 32.3 Å². The molecule has 0 aromatic rings. The molecule has 3 saturated carbocycles.